The topological polar surface area (TPSA) is 42.1 Å². The molecule has 0 saturated heterocycles. The summed E-state index contributed by atoms with van der Waals surface area (Å²) in [6, 6.07) is 5.93. The number of aromatic amines is 1. The molecule has 1 aromatic heterocycles. The number of H-pyrrole nitrogens is 1. The smallest absolute Gasteiger partial charge is 0.354 e. The van der Waals surface area contributed by atoms with Gasteiger partial charge in [-0.1, -0.05) is 0 Å². The summed E-state index contributed by atoms with van der Waals surface area (Å²) >= 11 is 2.25. The standard InChI is InChI=1S/C11H10INO2/c1-6-3-7-5-9(11(14)15-2)13-10(7)8(12)4-6/h3-5,13H,1-2H3. The third-order valence-corrected chi connectivity index (χ3v) is 3.08. The molecule has 0 aliphatic heterocycles. The highest BCUT2D eigenvalue weighted by Crippen LogP contribution is 2.23. The van der Waals surface area contributed by atoms with Crippen molar-refractivity contribution in [2.45, 2.75) is 6.92 Å². The van der Waals surface area contributed by atoms with Crippen LogP contribution in [-0.2, 0) is 4.74 Å². The van der Waals surface area contributed by atoms with Gasteiger partial charge in [-0.15, -0.1) is 0 Å². The van der Waals surface area contributed by atoms with E-state index in [1.165, 1.54) is 12.7 Å². The van der Waals surface area contributed by atoms with Crippen molar-refractivity contribution in [1.29, 1.82) is 0 Å². The van der Waals surface area contributed by atoms with Gasteiger partial charge >= 0.3 is 5.97 Å². The number of benzene rings is 1. The molecule has 78 valence electrons. The van der Waals surface area contributed by atoms with Crippen LogP contribution in [0.5, 0.6) is 0 Å². The second-order valence-electron chi connectivity index (χ2n) is 3.39. The molecule has 0 atom stereocenters. The van der Waals surface area contributed by atoms with E-state index in [4.69, 9.17) is 0 Å². The van der Waals surface area contributed by atoms with Crippen molar-refractivity contribution in [3.05, 3.63) is 33.0 Å². The maximum Gasteiger partial charge on any atom is 0.354 e. The van der Waals surface area contributed by atoms with E-state index >= 15 is 0 Å². The number of hydrogen-bond acceptors (Lipinski definition) is 2. The van der Waals surface area contributed by atoms with Crippen LogP contribution in [0.4, 0.5) is 0 Å². The minimum atomic E-state index is -0.334. The summed E-state index contributed by atoms with van der Waals surface area (Å²) in [4.78, 5) is 14.4. The Morgan fingerprint density at radius 3 is 2.80 bits per heavy atom. The van der Waals surface area contributed by atoms with Crippen molar-refractivity contribution in [2.75, 3.05) is 7.11 Å². The molecule has 15 heavy (non-hydrogen) atoms. The van der Waals surface area contributed by atoms with Gasteiger partial charge in [0.1, 0.15) is 5.69 Å². The zero-order valence-electron chi connectivity index (χ0n) is 8.43. The molecule has 3 nitrogen and oxygen atoms in total. The van der Waals surface area contributed by atoms with Crippen LogP contribution < -0.4 is 0 Å². The Morgan fingerprint density at radius 2 is 2.13 bits per heavy atom. The van der Waals surface area contributed by atoms with Crippen LogP contribution in [-0.4, -0.2) is 18.1 Å². The maximum atomic E-state index is 11.3. The van der Waals surface area contributed by atoms with Gasteiger partial charge in [-0.3, -0.25) is 0 Å². The Labute approximate surface area is 101 Å². The van der Waals surface area contributed by atoms with E-state index in [9.17, 15) is 4.79 Å². The van der Waals surface area contributed by atoms with Gasteiger partial charge in [0.05, 0.1) is 12.6 Å². The van der Waals surface area contributed by atoms with E-state index < -0.39 is 0 Å². The van der Waals surface area contributed by atoms with Gasteiger partial charge in [-0.05, 0) is 53.3 Å². The Hall–Kier alpha value is -1.04. The van der Waals surface area contributed by atoms with E-state index in [-0.39, 0.29) is 5.97 Å². The predicted molar refractivity (Wildman–Crippen MR) is 67.1 cm³/mol. The fourth-order valence-corrected chi connectivity index (χ4v) is 2.50. The number of halogens is 1. The lowest BCUT2D eigenvalue weighted by atomic mass is 10.2. The number of aryl methyl sites for hydroxylation is 1. The minimum absolute atomic E-state index is 0.334. The molecule has 0 fully saturated rings. The number of carbonyl (C=O) groups excluding carboxylic acids is 1. The molecule has 2 aromatic rings. The van der Waals surface area contributed by atoms with Gasteiger partial charge in [0.2, 0.25) is 0 Å². The summed E-state index contributed by atoms with van der Waals surface area (Å²) in [5, 5.41) is 1.04. The molecular weight excluding hydrogens is 305 g/mol. The fourth-order valence-electron chi connectivity index (χ4n) is 1.56. The number of esters is 1. The van der Waals surface area contributed by atoms with Crippen LogP contribution in [0.1, 0.15) is 16.1 Å². The number of nitrogens with one attached hydrogen (secondary N) is 1. The number of fused-ring (bicyclic) bond motifs is 1. The SMILES string of the molecule is COC(=O)c1cc2cc(C)cc(I)c2[nH]1. The fraction of sp³-hybridized carbons (Fsp3) is 0.182. The summed E-state index contributed by atoms with van der Waals surface area (Å²) in [6.45, 7) is 2.03. The Balaban J connectivity index is 2.65. The first-order valence-corrected chi connectivity index (χ1v) is 5.57. The second-order valence-corrected chi connectivity index (χ2v) is 4.55. The molecule has 0 saturated carbocycles. The zero-order chi connectivity index (χ0) is 11.0. The van der Waals surface area contributed by atoms with Gasteiger partial charge in [0.15, 0.2) is 0 Å². The maximum absolute atomic E-state index is 11.3. The monoisotopic (exact) mass is 315 g/mol. The number of carbonyl (C=O) groups is 1. The van der Waals surface area contributed by atoms with Crippen LogP contribution >= 0.6 is 22.6 Å². The second kappa shape index (κ2) is 3.84. The van der Waals surface area contributed by atoms with Crippen molar-refractivity contribution in [2.24, 2.45) is 0 Å². The lowest BCUT2D eigenvalue weighted by molar-refractivity contribution is 0.0595. The molecule has 0 aliphatic rings. The molecule has 4 heteroatoms. The zero-order valence-corrected chi connectivity index (χ0v) is 10.6. The van der Waals surface area contributed by atoms with Crippen LogP contribution in [0.15, 0.2) is 18.2 Å². The average Bonchev–Trinajstić information content (AvgIpc) is 2.60. The third-order valence-electron chi connectivity index (χ3n) is 2.23. The molecule has 2 rings (SSSR count). The summed E-state index contributed by atoms with van der Waals surface area (Å²) in [5.74, 6) is -0.334. The number of hydrogen-bond donors (Lipinski definition) is 1. The van der Waals surface area contributed by atoms with E-state index in [1.807, 2.05) is 19.1 Å². The highest BCUT2D eigenvalue weighted by Gasteiger charge is 2.11. The normalized spacial score (nSPS) is 10.6. The Kier molecular flexibility index (Phi) is 2.68. The number of ether oxygens (including phenoxy) is 1. The molecule has 0 amide bonds. The van der Waals surface area contributed by atoms with E-state index in [1.54, 1.807) is 0 Å². The van der Waals surface area contributed by atoms with Gasteiger partial charge in [-0.2, -0.15) is 0 Å². The summed E-state index contributed by atoms with van der Waals surface area (Å²) < 4.78 is 5.77. The Morgan fingerprint density at radius 1 is 1.40 bits per heavy atom. The van der Waals surface area contributed by atoms with Crippen molar-refractivity contribution in [3.63, 3.8) is 0 Å². The van der Waals surface area contributed by atoms with Crippen molar-refractivity contribution >= 4 is 39.5 Å². The molecule has 1 heterocycles. The summed E-state index contributed by atoms with van der Waals surface area (Å²) in [7, 11) is 1.38. The summed E-state index contributed by atoms with van der Waals surface area (Å²) in [5.41, 5.74) is 2.67. The van der Waals surface area contributed by atoms with Crippen molar-refractivity contribution < 1.29 is 9.53 Å². The van der Waals surface area contributed by atoms with E-state index in [0.717, 1.165) is 14.5 Å². The molecule has 0 spiro atoms. The number of aromatic nitrogens is 1. The first-order chi connectivity index (χ1) is 7.11. The minimum Gasteiger partial charge on any atom is -0.464 e. The van der Waals surface area contributed by atoms with Crippen molar-refractivity contribution in [3.8, 4) is 0 Å². The highest BCUT2D eigenvalue weighted by atomic mass is 127. The molecule has 0 bridgehead atoms. The Bertz CT molecular complexity index is 531. The quantitative estimate of drug-likeness (QED) is 0.649. The highest BCUT2D eigenvalue weighted by molar-refractivity contribution is 14.1. The van der Waals surface area contributed by atoms with Crippen LogP contribution in [0.2, 0.25) is 0 Å². The lowest BCUT2D eigenvalue weighted by Crippen LogP contribution is -2.00. The van der Waals surface area contributed by atoms with Crippen LogP contribution in [0.3, 0.4) is 0 Å². The lowest BCUT2D eigenvalue weighted by Gasteiger charge is -1.96. The van der Waals surface area contributed by atoms with E-state index in [2.05, 4.69) is 38.4 Å². The molecule has 0 unspecified atom stereocenters. The number of methoxy groups -OCH3 is 1. The molecule has 1 aromatic carbocycles. The van der Waals surface area contributed by atoms with Gasteiger partial charge < -0.3 is 9.72 Å². The van der Waals surface area contributed by atoms with Gasteiger partial charge in [0.25, 0.3) is 0 Å². The van der Waals surface area contributed by atoms with Crippen molar-refractivity contribution in [1.82, 2.24) is 4.98 Å². The first kappa shape index (κ1) is 10.5. The first-order valence-electron chi connectivity index (χ1n) is 4.49. The van der Waals surface area contributed by atoms with Gasteiger partial charge in [0, 0.05) is 8.96 Å². The predicted octanol–water partition coefficient (Wildman–Crippen LogP) is 2.87. The van der Waals surface area contributed by atoms with Crippen LogP contribution in [0, 0.1) is 10.5 Å². The molecule has 0 radical (unpaired) electrons. The summed E-state index contributed by atoms with van der Waals surface area (Å²) in [6.07, 6.45) is 0. The number of rotatable bonds is 1. The average molecular weight is 315 g/mol. The molecule has 1 N–H and O–H groups in total. The molecular formula is C11H10INO2. The van der Waals surface area contributed by atoms with Gasteiger partial charge in [-0.25, -0.2) is 4.79 Å². The largest absolute Gasteiger partial charge is 0.464 e. The molecule has 0 aliphatic carbocycles. The van der Waals surface area contributed by atoms with Crippen LogP contribution in [0.25, 0.3) is 10.9 Å². The third kappa shape index (κ3) is 1.86. The van der Waals surface area contributed by atoms with E-state index in [0.29, 0.717) is 5.69 Å².